The maximum absolute atomic E-state index is 5.96. The molecule has 0 unspecified atom stereocenters. The molecule has 1 aromatic rings. The van der Waals surface area contributed by atoms with Gasteiger partial charge in [-0.1, -0.05) is 45.9 Å². The molecule has 0 radical (unpaired) electrons. The summed E-state index contributed by atoms with van der Waals surface area (Å²) in [5.41, 5.74) is 0. The van der Waals surface area contributed by atoms with Crippen molar-refractivity contribution in [3.63, 3.8) is 0 Å². The first-order valence-corrected chi connectivity index (χ1v) is 8.38. The summed E-state index contributed by atoms with van der Waals surface area (Å²) in [5.74, 6) is 1.34. The minimum absolute atomic E-state index is 0.670. The summed E-state index contributed by atoms with van der Waals surface area (Å²) < 4.78 is 11.9. The van der Waals surface area contributed by atoms with Crippen molar-refractivity contribution in [3.05, 3.63) is 30.3 Å². The van der Waals surface area contributed by atoms with E-state index in [0.29, 0.717) is 11.8 Å². The van der Waals surface area contributed by atoms with Gasteiger partial charge in [-0.3, -0.25) is 0 Å². The van der Waals surface area contributed by atoms with Gasteiger partial charge in [0.25, 0.3) is 0 Å². The van der Waals surface area contributed by atoms with E-state index < -0.39 is 8.38 Å². The third kappa shape index (κ3) is 7.67. The predicted molar refractivity (Wildman–Crippen MR) is 83.8 cm³/mol. The van der Waals surface area contributed by atoms with Crippen molar-refractivity contribution in [1.82, 2.24) is 0 Å². The summed E-state index contributed by atoms with van der Waals surface area (Å²) >= 11 is 0. The van der Waals surface area contributed by atoms with Crippen LogP contribution in [0.15, 0.2) is 30.3 Å². The van der Waals surface area contributed by atoms with Crippen LogP contribution >= 0.6 is 8.38 Å². The van der Waals surface area contributed by atoms with E-state index in [-0.39, 0.29) is 0 Å². The van der Waals surface area contributed by atoms with E-state index in [0.717, 1.165) is 26.1 Å². The lowest BCUT2D eigenvalue weighted by Crippen LogP contribution is -2.09. The SMILES string of the molecule is CC(C)CCOP(OCCC(C)C)c1ccccc1. The maximum Gasteiger partial charge on any atom is 0.205 e. The molecule has 2 nitrogen and oxygen atoms in total. The summed E-state index contributed by atoms with van der Waals surface area (Å²) in [4.78, 5) is 0. The fraction of sp³-hybridized carbons (Fsp3) is 0.625. The Balaban J connectivity index is 2.48. The van der Waals surface area contributed by atoms with Crippen LogP contribution in [0.1, 0.15) is 40.5 Å². The average molecular weight is 282 g/mol. The molecule has 0 aliphatic rings. The molecule has 0 spiro atoms. The van der Waals surface area contributed by atoms with Crippen LogP contribution in [-0.4, -0.2) is 13.2 Å². The second-order valence-electron chi connectivity index (χ2n) is 5.62. The number of benzene rings is 1. The van der Waals surface area contributed by atoms with Gasteiger partial charge >= 0.3 is 0 Å². The molecule has 108 valence electrons. The highest BCUT2D eigenvalue weighted by atomic mass is 31.2. The highest BCUT2D eigenvalue weighted by Crippen LogP contribution is 2.37. The first kappa shape index (κ1) is 16.6. The minimum atomic E-state index is -0.917. The van der Waals surface area contributed by atoms with Crippen LogP contribution in [-0.2, 0) is 9.05 Å². The Hall–Kier alpha value is -0.430. The molecule has 0 heterocycles. The second kappa shape index (κ2) is 9.47. The summed E-state index contributed by atoms with van der Waals surface area (Å²) in [6.07, 6.45) is 2.17. The Morgan fingerprint density at radius 1 is 0.842 bits per heavy atom. The van der Waals surface area contributed by atoms with Crippen molar-refractivity contribution in [1.29, 1.82) is 0 Å². The molecule has 0 aromatic heterocycles. The molecule has 1 aromatic carbocycles. The molecule has 0 amide bonds. The smallest absolute Gasteiger partial charge is 0.205 e. The Morgan fingerprint density at radius 3 is 1.74 bits per heavy atom. The van der Waals surface area contributed by atoms with Gasteiger partial charge in [0.15, 0.2) is 0 Å². The van der Waals surface area contributed by atoms with Gasteiger partial charge in [-0.05, 0) is 36.8 Å². The van der Waals surface area contributed by atoms with E-state index in [9.17, 15) is 0 Å². The fourth-order valence-corrected chi connectivity index (χ4v) is 2.81. The van der Waals surface area contributed by atoms with Crippen LogP contribution in [0.25, 0.3) is 0 Å². The zero-order valence-electron chi connectivity index (χ0n) is 12.6. The zero-order valence-corrected chi connectivity index (χ0v) is 13.5. The lowest BCUT2D eigenvalue weighted by Gasteiger charge is -2.19. The molecule has 19 heavy (non-hydrogen) atoms. The Bertz CT molecular complexity index is 311. The molecule has 0 aliphatic heterocycles. The topological polar surface area (TPSA) is 18.5 Å². The van der Waals surface area contributed by atoms with Crippen LogP contribution in [0.3, 0.4) is 0 Å². The van der Waals surface area contributed by atoms with Gasteiger partial charge in [0, 0.05) is 5.30 Å². The average Bonchev–Trinajstić information content (AvgIpc) is 2.37. The number of rotatable bonds is 9. The molecule has 0 atom stereocenters. The molecule has 0 fully saturated rings. The standard InChI is InChI=1S/C16H27O2P/c1-14(2)10-12-17-19(18-13-11-15(3)4)16-8-6-5-7-9-16/h5-9,14-15H,10-13H2,1-4H3. The quantitative estimate of drug-likeness (QED) is 0.608. The van der Waals surface area contributed by atoms with Crippen LogP contribution < -0.4 is 5.30 Å². The van der Waals surface area contributed by atoms with E-state index in [2.05, 4.69) is 39.8 Å². The molecular formula is C16H27O2P. The van der Waals surface area contributed by atoms with Crippen molar-refractivity contribution < 1.29 is 9.05 Å². The third-order valence-corrected chi connectivity index (χ3v) is 4.33. The van der Waals surface area contributed by atoms with Crippen molar-refractivity contribution in [2.24, 2.45) is 11.8 Å². The van der Waals surface area contributed by atoms with Crippen LogP contribution in [0.4, 0.5) is 0 Å². The molecule has 0 N–H and O–H groups in total. The Morgan fingerprint density at radius 2 is 1.32 bits per heavy atom. The van der Waals surface area contributed by atoms with Crippen molar-refractivity contribution >= 4 is 13.7 Å². The number of hydrogen-bond acceptors (Lipinski definition) is 2. The van der Waals surface area contributed by atoms with Gasteiger partial charge in [-0.2, -0.15) is 0 Å². The first-order chi connectivity index (χ1) is 9.09. The number of hydrogen-bond donors (Lipinski definition) is 0. The fourth-order valence-electron chi connectivity index (χ4n) is 1.48. The van der Waals surface area contributed by atoms with E-state index >= 15 is 0 Å². The van der Waals surface area contributed by atoms with E-state index in [4.69, 9.17) is 9.05 Å². The summed E-state index contributed by atoms with van der Waals surface area (Å²) in [6.45, 7) is 10.4. The normalized spacial score (nSPS) is 11.7. The highest BCUT2D eigenvalue weighted by Gasteiger charge is 2.14. The van der Waals surface area contributed by atoms with Gasteiger partial charge in [0.1, 0.15) is 0 Å². The second-order valence-corrected chi connectivity index (χ2v) is 7.17. The molecule has 0 bridgehead atoms. The van der Waals surface area contributed by atoms with Crippen molar-refractivity contribution in [3.8, 4) is 0 Å². The molecule has 0 aliphatic carbocycles. The summed E-state index contributed by atoms with van der Waals surface area (Å²) in [5, 5.41) is 1.17. The van der Waals surface area contributed by atoms with Crippen LogP contribution in [0.2, 0.25) is 0 Å². The summed E-state index contributed by atoms with van der Waals surface area (Å²) in [6, 6.07) is 10.3. The molecule has 0 saturated heterocycles. The minimum Gasteiger partial charge on any atom is -0.331 e. The molecular weight excluding hydrogens is 255 g/mol. The van der Waals surface area contributed by atoms with Gasteiger partial charge in [0.05, 0.1) is 13.2 Å². The van der Waals surface area contributed by atoms with Crippen LogP contribution in [0.5, 0.6) is 0 Å². The molecule has 1 rings (SSSR count). The maximum atomic E-state index is 5.96. The van der Waals surface area contributed by atoms with E-state index in [1.165, 1.54) is 5.30 Å². The third-order valence-electron chi connectivity index (χ3n) is 2.77. The largest absolute Gasteiger partial charge is 0.331 e. The van der Waals surface area contributed by atoms with Crippen molar-refractivity contribution in [2.75, 3.05) is 13.2 Å². The van der Waals surface area contributed by atoms with Gasteiger partial charge in [-0.25, -0.2) is 0 Å². The van der Waals surface area contributed by atoms with Crippen LogP contribution in [0, 0.1) is 11.8 Å². The Labute approximate surface area is 119 Å². The highest BCUT2D eigenvalue weighted by molar-refractivity contribution is 7.56. The van der Waals surface area contributed by atoms with Gasteiger partial charge < -0.3 is 9.05 Å². The lowest BCUT2D eigenvalue weighted by molar-refractivity contribution is 0.235. The zero-order chi connectivity index (χ0) is 14.1. The molecule has 0 saturated carbocycles. The predicted octanol–water partition coefficient (Wildman–Crippen LogP) is 4.75. The summed E-state index contributed by atoms with van der Waals surface area (Å²) in [7, 11) is -0.917. The lowest BCUT2D eigenvalue weighted by atomic mass is 10.2. The van der Waals surface area contributed by atoms with Gasteiger partial charge in [0.2, 0.25) is 8.38 Å². The monoisotopic (exact) mass is 282 g/mol. The van der Waals surface area contributed by atoms with E-state index in [1.807, 2.05) is 18.2 Å². The van der Waals surface area contributed by atoms with E-state index in [1.54, 1.807) is 0 Å². The van der Waals surface area contributed by atoms with Crippen molar-refractivity contribution in [2.45, 2.75) is 40.5 Å². The molecule has 3 heteroatoms. The first-order valence-electron chi connectivity index (χ1n) is 7.20. The Kier molecular flexibility index (Phi) is 8.29. The van der Waals surface area contributed by atoms with Gasteiger partial charge in [-0.15, -0.1) is 0 Å².